The highest BCUT2D eigenvalue weighted by Gasteiger charge is 2.44. The molecule has 0 N–H and O–H groups in total. The van der Waals surface area contributed by atoms with Crippen molar-refractivity contribution in [3.63, 3.8) is 0 Å². The Balaban J connectivity index is 1.77. The summed E-state index contributed by atoms with van der Waals surface area (Å²) in [5.74, 6) is -0.501. The van der Waals surface area contributed by atoms with Crippen LogP contribution in [-0.4, -0.2) is 24.0 Å². The second kappa shape index (κ2) is 7.95. The largest absolute Gasteiger partial charge is 0.465 e. The molecule has 1 amide bonds. The fraction of sp³-hybridized carbons (Fsp3) is 0.185. The minimum absolute atomic E-state index is 0.00479. The number of aryl methyl sites for hydroxylation is 3. The van der Waals surface area contributed by atoms with Gasteiger partial charge in [-0.2, -0.15) is 0 Å². The Morgan fingerprint density at radius 3 is 2.35 bits per heavy atom. The Hall–Kier alpha value is -4.26. The lowest BCUT2D eigenvalue weighted by molar-refractivity contribution is 0.0600. The smallest absolute Gasteiger partial charge is 0.337 e. The van der Waals surface area contributed by atoms with Crippen molar-refractivity contribution >= 4 is 28.7 Å². The summed E-state index contributed by atoms with van der Waals surface area (Å²) in [5.41, 5.74) is 4.26. The highest BCUT2D eigenvalue weighted by Crippen LogP contribution is 2.40. The lowest BCUT2D eigenvalue weighted by Crippen LogP contribution is -2.30. The minimum atomic E-state index is -0.758. The van der Waals surface area contributed by atoms with Crippen LogP contribution in [0.25, 0.3) is 11.0 Å². The second-order valence-electron chi connectivity index (χ2n) is 8.49. The fourth-order valence-electron chi connectivity index (χ4n) is 4.30. The molecule has 5 rings (SSSR count). The molecular formula is C27H22N2O5. The summed E-state index contributed by atoms with van der Waals surface area (Å²) in [5, 5.41) is 0.421. The highest BCUT2D eigenvalue weighted by atomic mass is 16.5. The van der Waals surface area contributed by atoms with Crippen molar-refractivity contribution in [1.29, 1.82) is 0 Å². The summed E-state index contributed by atoms with van der Waals surface area (Å²) in [7, 11) is 1.31. The quantitative estimate of drug-likeness (QED) is 0.419. The molecule has 0 aliphatic carbocycles. The Morgan fingerprint density at radius 2 is 1.71 bits per heavy atom. The first-order valence-corrected chi connectivity index (χ1v) is 10.8. The molecular weight excluding hydrogens is 432 g/mol. The van der Waals surface area contributed by atoms with Crippen LogP contribution in [-0.2, 0) is 4.74 Å². The number of amides is 1. The monoisotopic (exact) mass is 454 g/mol. The van der Waals surface area contributed by atoms with Gasteiger partial charge in [-0.05, 0) is 73.4 Å². The summed E-state index contributed by atoms with van der Waals surface area (Å²) in [6, 6.07) is 13.1. The van der Waals surface area contributed by atoms with Crippen molar-refractivity contribution in [3.8, 4) is 0 Å². The number of carbonyl (C=O) groups excluding carboxylic acids is 2. The van der Waals surface area contributed by atoms with E-state index < -0.39 is 17.9 Å². The van der Waals surface area contributed by atoms with Crippen LogP contribution in [0.4, 0.5) is 5.82 Å². The first-order chi connectivity index (χ1) is 16.3. The predicted octanol–water partition coefficient (Wildman–Crippen LogP) is 4.65. The molecule has 34 heavy (non-hydrogen) atoms. The molecule has 0 saturated heterocycles. The molecule has 0 unspecified atom stereocenters. The molecule has 1 atom stereocenters. The number of hydrogen-bond acceptors (Lipinski definition) is 6. The lowest BCUT2D eigenvalue weighted by atomic mass is 9.96. The van der Waals surface area contributed by atoms with Gasteiger partial charge in [-0.1, -0.05) is 18.2 Å². The standard InChI is InChI=1S/C27H22N2O5/c1-14-5-10-21(28-13-14)29-23(17-6-8-18(9-7-17)27(32)33-4)22-24(30)19-11-15(2)16(3)12-20(19)34-25(22)26(29)31/h5-13,23H,1-4H3/t23-/m0/s1. The molecule has 170 valence electrons. The van der Waals surface area contributed by atoms with E-state index in [0.717, 1.165) is 16.7 Å². The Labute approximate surface area is 195 Å². The van der Waals surface area contributed by atoms with Gasteiger partial charge in [0.1, 0.15) is 11.4 Å². The van der Waals surface area contributed by atoms with Crippen molar-refractivity contribution in [3.05, 3.63) is 104 Å². The first kappa shape index (κ1) is 21.6. The normalized spacial score (nSPS) is 15.0. The van der Waals surface area contributed by atoms with Crippen LogP contribution in [0.15, 0.2) is 63.9 Å². The van der Waals surface area contributed by atoms with Gasteiger partial charge in [0.05, 0.1) is 29.7 Å². The van der Waals surface area contributed by atoms with Gasteiger partial charge in [-0.25, -0.2) is 9.78 Å². The van der Waals surface area contributed by atoms with Gasteiger partial charge in [0, 0.05) is 6.20 Å². The van der Waals surface area contributed by atoms with Gasteiger partial charge in [-0.3, -0.25) is 14.5 Å². The molecule has 3 heterocycles. The van der Waals surface area contributed by atoms with Crippen LogP contribution >= 0.6 is 0 Å². The Kier molecular flexibility index (Phi) is 5.05. The first-order valence-electron chi connectivity index (χ1n) is 10.8. The van der Waals surface area contributed by atoms with Crippen LogP contribution in [0.3, 0.4) is 0 Å². The lowest BCUT2D eigenvalue weighted by Gasteiger charge is -2.24. The van der Waals surface area contributed by atoms with Crippen LogP contribution in [0.1, 0.15) is 54.8 Å². The zero-order valence-electron chi connectivity index (χ0n) is 19.2. The van der Waals surface area contributed by atoms with Gasteiger partial charge in [0.15, 0.2) is 5.43 Å². The topological polar surface area (TPSA) is 89.7 Å². The summed E-state index contributed by atoms with van der Waals surface area (Å²) < 4.78 is 10.8. The molecule has 7 nitrogen and oxygen atoms in total. The SMILES string of the molecule is COC(=O)c1ccc([C@H]2c3c(oc4cc(C)c(C)cc4c3=O)C(=O)N2c2ccc(C)cn2)cc1. The van der Waals surface area contributed by atoms with E-state index in [-0.39, 0.29) is 16.8 Å². The number of nitrogens with zero attached hydrogens (tertiary/aromatic N) is 2. The van der Waals surface area contributed by atoms with Crippen LogP contribution < -0.4 is 10.3 Å². The van der Waals surface area contributed by atoms with E-state index in [4.69, 9.17) is 9.15 Å². The number of esters is 1. The van der Waals surface area contributed by atoms with E-state index >= 15 is 0 Å². The van der Waals surface area contributed by atoms with Crippen molar-refractivity contribution < 1.29 is 18.7 Å². The Morgan fingerprint density at radius 1 is 1.00 bits per heavy atom. The predicted molar refractivity (Wildman–Crippen MR) is 127 cm³/mol. The van der Waals surface area contributed by atoms with Gasteiger partial charge in [0.25, 0.3) is 5.91 Å². The average molecular weight is 454 g/mol. The summed E-state index contributed by atoms with van der Waals surface area (Å²) in [6.45, 7) is 5.76. The van der Waals surface area contributed by atoms with E-state index in [1.165, 1.54) is 12.0 Å². The summed E-state index contributed by atoms with van der Waals surface area (Å²) >= 11 is 0. The maximum atomic E-state index is 13.7. The molecule has 4 aromatic rings. The van der Waals surface area contributed by atoms with Crippen molar-refractivity contribution in [2.24, 2.45) is 0 Å². The number of hydrogen-bond donors (Lipinski definition) is 0. The van der Waals surface area contributed by atoms with Gasteiger partial charge >= 0.3 is 5.97 Å². The third kappa shape index (κ3) is 3.28. The number of rotatable bonds is 3. The average Bonchev–Trinajstić information content (AvgIpc) is 3.13. The third-order valence-corrected chi connectivity index (χ3v) is 6.28. The fourth-order valence-corrected chi connectivity index (χ4v) is 4.30. The van der Waals surface area contributed by atoms with Gasteiger partial charge in [0.2, 0.25) is 5.76 Å². The van der Waals surface area contributed by atoms with Crippen molar-refractivity contribution in [1.82, 2.24) is 4.98 Å². The van der Waals surface area contributed by atoms with Gasteiger partial charge < -0.3 is 9.15 Å². The number of fused-ring (bicyclic) bond motifs is 2. The molecule has 0 spiro atoms. The molecule has 0 radical (unpaired) electrons. The summed E-state index contributed by atoms with van der Waals surface area (Å²) in [6.07, 6.45) is 1.67. The third-order valence-electron chi connectivity index (χ3n) is 6.28. The maximum Gasteiger partial charge on any atom is 0.337 e. The zero-order valence-corrected chi connectivity index (χ0v) is 19.2. The van der Waals surface area contributed by atoms with E-state index in [1.807, 2.05) is 26.8 Å². The second-order valence-corrected chi connectivity index (χ2v) is 8.49. The van der Waals surface area contributed by atoms with E-state index in [2.05, 4.69) is 4.98 Å². The molecule has 0 saturated carbocycles. The van der Waals surface area contributed by atoms with E-state index in [9.17, 15) is 14.4 Å². The van der Waals surface area contributed by atoms with Gasteiger partial charge in [-0.15, -0.1) is 0 Å². The molecule has 2 aromatic carbocycles. The highest BCUT2D eigenvalue weighted by molar-refractivity contribution is 6.10. The summed E-state index contributed by atoms with van der Waals surface area (Å²) in [4.78, 5) is 45.2. The number of carbonyl (C=O) groups is 2. The zero-order chi connectivity index (χ0) is 24.1. The minimum Gasteiger partial charge on any atom is -0.465 e. The van der Waals surface area contributed by atoms with Crippen molar-refractivity contribution in [2.75, 3.05) is 12.0 Å². The van der Waals surface area contributed by atoms with Crippen LogP contribution in [0, 0.1) is 20.8 Å². The molecule has 1 aliphatic heterocycles. The molecule has 7 heteroatoms. The number of benzene rings is 2. The maximum absolute atomic E-state index is 13.7. The molecule has 0 bridgehead atoms. The van der Waals surface area contributed by atoms with E-state index in [1.54, 1.807) is 48.7 Å². The molecule has 2 aromatic heterocycles. The van der Waals surface area contributed by atoms with Crippen molar-refractivity contribution in [2.45, 2.75) is 26.8 Å². The number of aromatic nitrogens is 1. The van der Waals surface area contributed by atoms with E-state index in [0.29, 0.717) is 27.9 Å². The Bertz CT molecular complexity index is 1520. The molecule has 0 fully saturated rings. The van der Waals surface area contributed by atoms with Crippen LogP contribution in [0.2, 0.25) is 0 Å². The molecule has 1 aliphatic rings. The number of ether oxygens (including phenoxy) is 1. The van der Waals surface area contributed by atoms with Crippen LogP contribution in [0.5, 0.6) is 0 Å². The number of pyridine rings is 1. The number of anilines is 1. The number of methoxy groups -OCH3 is 1.